The van der Waals surface area contributed by atoms with Crippen LogP contribution < -0.4 is 16.0 Å². The highest BCUT2D eigenvalue weighted by Gasteiger charge is 2.09. The second kappa shape index (κ2) is 11.9. The van der Waals surface area contributed by atoms with Gasteiger partial charge >= 0.3 is 0 Å². The summed E-state index contributed by atoms with van der Waals surface area (Å²) in [6.07, 6.45) is 0.916. The van der Waals surface area contributed by atoms with E-state index in [1.165, 1.54) is 5.56 Å². The number of amides is 1. The lowest BCUT2D eigenvalue weighted by Crippen LogP contribution is -2.36. The van der Waals surface area contributed by atoms with Crippen molar-refractivity contribution in [2.75, 3.05) is 7.05 Å². The largest absolute Gasteiger partial charge is 0.352 e. The Hall–Kier alpha value is -1.61. The summed E-state index contributed by atoms with van der Waals surface area (Å²) in [5, 5.41) is 13.7. The molecule has 1 aromatic heterocycles. The van der Waals surface area contributed by atoms with Crippen molar-refractivity contribution in [3.05, 3.63) is 57.8 Å². The average molecular weight is 486 g/mol. The van der Waals surface area contributed by atoms with Crippen LogP contribution in [0.25, 0.3) is 0 Å². The Morgan fingerprint density at radius 3 is 2.54 bits per heavy atom. The molecule has 2 aromatic rings. The molecule has 0 saturated carbocycles. The van der Waals surface area contributed by atoms with Gasteiger partial charge in [0.25, 0.3) is 5.91 Å². The van der Waals surface area contributed by atoms with Gasteiger partial charge in [0.2, 0.25) is 0 Å². The fraction of sp³-hybridized carbons (Fsp3) is 0.368. The number of rotatable bonds is 7. The Balaban J connectivity index is 0.00000338. The number of guanidine groups is 1. The van der Waals surface area contributed by atoms with Crippen molar-refractivity contribution < 1.29 is 4.79 Å². The molecule has 1 unspecified atom stereocenters. The fourth-order valence-electron chi connectivity index (χ4n) is 2.22. The second-order valence-corrected chi connectivity index (χ2v) is 6.67. The van der Waals surface area contributed by atoms with Crippen LogP contribution in [0.15, 0.2) is 46.1 Å². The SMILES string of the molecule is CCC(C)NC(=O)c1cccc(CNC(=NC)NCc2ccsc2)c1.I. The summed E-state index contributed by atoms with van der Waals surface area (Å²) in [7, 11) is 1.75. The van der Waals surface area contributed by atoms with Crippen LogP contribution >= 0.6 is 35.3 Å². The number of aliphatic imine (C=N–C) groups is 1. The highest BCUT2D eigenvalue weighted by molar-refractivity contribution is 14.0. The number of halogens is 1. The van der Waals surface area contributed by atoms with E-state index >= 15 is 0 Å². The van der Waals surface area contributed by atoms with E-state index in [9.17, 15) is 4.79 Å². The Labute approximate surface area is 176 Å². The predicted molar refractivity (Wildman–Crippen MR) is 120 cm³/mol. The summed E-state index contributed by atoms with van der Waals surface area (Å²) in [6.45, 7) is 5.40. The number of hydrogen-bond acceptors (Lipinski definition) is 3. The van der Waals surface area contributed by atoms with Crippen molar-refractivity contribution in [2.24, 2.45) is 4.99 Å². The van der Waals surface area contributed by atoms with E-state index in [0.717, 1.165) is 24.5 Å². The highest BCUT2D eigenvalue weighted by atomic mass is 127. The van der Waals surface area contributed by atoms with Crippen molar-refractivity contribution in [3.8, 4) is 0 Å². The number of hydrogen-bond donors (Lipinski definition) is 3. The van der Waals surface area contributed by atoms with Crippen molar-refractivity contribution in [1.82, 2.24) is 16.0 Å². The van der Waals surface area contributed by atoms with Gasteiger partial charge in [0.05, 0.1) is 0 Å². The molecule has 1 amide bonds. The molecular weight excluding hydrogens is 459 g/mol. The van der Waals surface area contributed by atoms with E-state index in [0.29, 0.717) is 12.1 Å². The number of nitrogens with zero attached hydrogens (tertiary/aromatic N) is 1. The maximum Gasteiger partial charge on any atom is 0.251 e. The minimum atomic E-state index is -0.0313. The molecule has 0 fully saturated rings. The van der Waals surface area contributed by atoms with Gasteiger partial charge in [0.15, 0.2) is 5.96 Å². The van der Waals surface area contributed by atoms with E-state index < -0.39 is 0 Å². The summed E-state index contributed by atoms with van der Waals surface area (Å²) in [4.78, 5) is 16.5. The molecule has 0 radical (unpaired) electrons. The van der Waals surface area contributed by atoms with Crippen LogP contribution in [-0.4, -0.2) is 25.0 Å². The van der Waals surface area contributed by atoms with Crippen molar-refractivity contribution in [2.45, 2.75) is 39.4 Å². The van der Waals surface area contributed by atoms with Gasteiger partial charge in [0, 0.05) is 31.7 Å². The van der Waals surface area contributed by atoms with Crippen molar-refractivity contribution in [3.63, 3.8) is 0 Å². The predicted octanol–water partition coefficient (Wildman–Crippen LogP) is 3.76. The number of benzene rings is 1. The minimum Gasteiger partial charge on any atom is -0.352 e. The van der Waals surface area contributed by atoms with Crippen LogP contribution in [-0.2, 0) is 13.1 Å². The first-order valence-corrected chi connectivity index (χ1v) is 9.42. The average Bonchev–Trinajstić information content (AvgIpc) is 3.15. The molecule has 7 heteroatoms. The molecule has 5 nitrogen and oxygen atoms in total. The van der Waals surface area contributed by atoms with Crippen LogP contribution in [0.1, 0.15) is 41.8 Å². The van der Waals surface area contributed by atoms with Crippen molar-refractivity contribution >= 4 is 47.2 Å². The molecule has 1 atom stereocenters. The summed E-state index contributed by atoms with van der Waals surface area (Å²) in [5.41, 5.74) is 2.95. The van der Waals surface area contributed by atoms with E-state index in [1.54, 1.807) is 18.4 Å². The molecule has 0 saturated heterocycles. The lowest BCUT2D eigenvalue weighted by molar-refractivity contribution is 0.0939. The van der Waals surface area contributed by atoms with Gasteiger partial charge < -0.3 is 16.0 Å². The molecular formula is C19H27IN4OS. The molecule has 142 valence electrons. The molecule has 3 N–H and O–H groups in total. The zero-order chi connectivity index (χ0) is 18.1. The highest BCUT2D eigenvalue weighted by Crippen LogP contribution is 2.07. The first kappa shape index (κ1) is 22.4. The van der Waals surface area contributed by atoms with Crippen LogP contribution in [0.2, 0.25) is 0 Å². The van der Waals surface area contributed by atoms with E-state index in [-0.39, 0.29) is 35.9 Å². The van der Waals surface area contributed by atoms with Gasteiger partial charge in [0.1, 0.15) is 0 Å². The number of nitrogens with one attached hydrogen (secondary N) is 3. The third kappa shape index (κ3) is 7.33. The fourth-order valence-corrected chi connectivity index (χ4v) is 2.89. The smallest absolute Gasteiger partial charge is 0.251 e. The summed E-state index contributed by atoms with van der Waals surface area (Å²) in [5.74, 6) is 0.705. The van der Waals surface area contributed by atoms with Gasteiger partial charge in [-0.1, -0.05) is 19.1 Å². The minimum absolute atomic E-state index is 0. The number of carbonyl (C=O) groups excluding carboxylic acids is 1. The summed E-state index contributed by atoms with van der Waals surface area (Å²) < 4.78 is 0. The number of thiophene rings is 1. The molecule has 0 spiro atoms. The zero-order valence-electron chi connectivity index (χ0n) is 15.4. The molecule has 0 aliphatic rings. The van der Waals surface area contributed by atoms with Crippen LogP contribution in [0.4, 0.5) is 0 Å². The molecule has 2 rings (SSSR count). The molecule has 0 aliphatic carbocycles. The van der Waals surface area contributed by atoms with Gasteiger partial charge in [-0.25, -0.2) is 0 Å². The first-order valence-electron chi connectivity index (χ1n) is 8.47. The van der Waals surface area contributed by atoms with Gasteiger partial charge in [-0.3, -0.25) is 9.79 Å². The third-order valence-electron chi connectivity index (χ3n) is 3.90. The third-order valence-corrected chi connectivity index (χ3v) is 4.63. The maximum atomic E-state index is 12.2. The topological polar surface area (TPSA) is 65.5 Å². The quantitative estimate of drug-likeness (QED) is 0.317. The molecule has 0 bridgehead atoms. The van der Waals surface area contributed by atoms with Crippen LogP contribution in [0, 0.1) is 0 Å². The van der Waals surface area contributed by atoms with Crippen LogP contribution in [0.5, 0.6) is 0 Å². The Kier molecular flexibility index (Phi) is 10.3. The van der Waals surface area contributed by atoms with Gasteiger partial charge in [-0.15, -0.1) is 24.0 Å². The summed E-state index contributed by atoms with van der Waals surface area (Å²) >= 11 is 1.68. The van der Waals surface area contributed by atoms with E-state index in [1.807, 2.05) is 31.2 Å². The second-order valence-electron chi connectivity index (χ2n) is 5.89. The maximum absolute atomic E-state index is 12.2. The monoisotopic (exact) mass is 486 g/mol. The zero-order valence-corrected chi connectivity index (χ0v) is 18.6. The standard InChI is InChI=1S/C19H26N4OS.HI/c1-4-14(2)23-18(24)17-7-5-6-15(10-17)11-21-19(20-3)22-12-16-8-9-25-13-16;/h5-10,13-14H,4,11-12H2,1-3H3,(H,23,24)(H2,20,21,22);1H. The molecule has 26 heavy (non-hydrogen) atoms. The van der Waals surface area contributed by atoms with Gasteiger partial charge in [-0.2, -0.15) is 11.3 Å². The molecule has 1 aromatic carbocycles. The number of carbonyl (C=O) groups is 1. The van der Waals surface area contributed by atoms with E-state index in [4.69, 9.17) is 0 Å². The Bertz CT molecular complexity index is 703. The molecule has 0 aliphatic heterocycles. The van der Waals surface area contributed by atoms with Crippen molar-refractivity contribution in [1.29, 1.82) is 0 Å². The lowest BCUT2D eigenvalue weighted by Gasteiger charge is -2.13. The van der Waals surface area contributed by atoms with Gasteiger partial charge in [-0.05, 0) is 53.4 Å². The molecule has 1 heterocycles. The summed E-state index contributed by atoms with van der Waals surface area (Å²) in [6, 6.07) is 9.92. The lowest BCUT2D eigenvalue weighted by atomic mass is 10.1. The van der Waals surface area contributed by atoms with E-state index in [2.05, 4.69) is 44.7 Å². The van der Waals surface area contributed by atoms with Crippen LogP contribution in [0.3, 0.4) is 0 Å². The Morgan fingerprint density at radius 2 is 1.92 bits per heavy atom. The Morgan fingerprint density at radius 1 is 1.19 bits per heavy atom. The first-order chi connectivity index (χ1) is 12.1. The normalized spacial score (nSPS) is 12.0.